The molecule has 1 aromatic rings. The van der Waals surface area contributed by atoms with Gasteiger partial charge in [-0.25, -0.2) is 0 Å². The average Bonchev–Trinajstić information content (AvgIpc) is 3.06. The Morgan fingerprint density at radius 3 is 2.41 bits per heavy atom. The summed E-state index contributed by atoms with van der Waals surface area (Å²) in [4.78, 5) is 37.5. The second kappa shape index (κ2) is 8.35. The lowest BCUT2D eigenvalue weighted by Gasteiger charge is -2.57. The number of benzene rings is 1. The minimum absolute atomic E-state index is 0.0988. The molecule has 0 amide bonds. The van der Waals surface area contributed by atoms with Gasteiger partial charge in [-0.2, -0.15) is 0 Å². The molecule has 5 nitrogen and oxygen atoms in total. The van der Waals surface area contributed by atoms with E-state index in [0.29, 0.717) is 25.7 Å². The van der Waals surface area contributed by atoms with Crippen LogP contribution in [0.15, 0.2) is 42.0 Å². The first-order valence-electron chi connectivity index (χ1n) is 11.7. The Bertz CT molecular complexity index is 910. The van der Waals surface area contributed by atoms with Gasteiger partial charge in [-0.15, -0.1) is 0 Å². The molecule has 3 fully saturated rings. The molecule has 4 aliphatic rings. The summed E-state index contributed by atoms with van der Waals surface area (Å²) in [7, 11) is 0. The highest BCUT2D eigenvalue weighted by atomic mass is 16.3. The number of allylic oxidation sites excluding steroid dienone is 1. The van der Waals surface area contributed by atoms with Crippen molar-refractivity contribution in [1.82, 2.24) is 0 Å². The Kier molecular flexibility index (Phi) is 6.01. The summed E-state index contributed by atoms with van der Waals surface area (Å²) in [5, 5.41) is 20.5. The normalized spacial score (nSPS) is 40.2. The number of carbonyl (C=O) groups is 3. The first-order valence-corrected chi connectivity index (χ1v) is 11.7. The van der Waals surface area contributed by atoms with Crippen LogP contribution in [0.3, 0.4) is 0 Å². The maximum atomic E-state index is 13.3. The lowest BCUT2D eigenvalue weighted by Crippen LogP contribution is -2.60. The fourth-order valence-electron chi connectivity index (χ4n) is 7.32. The molecule has 32 heavy (non-hydrogen) atoms. The molecule has 2 N–H and O–H groups in total. The van der Waals surface area contributed by atoms with Crippen molar-refractivity contribution < 1.29 is 24.6 Å². The number of fused-ring (bicyclic) bond motifs is 5. The van der Waals surface area contributed by atoms with E-state index in [1.807, 2.05) is 37.3 Å². The predicted octanol–water partition coefficient (Wildman–Crippen LogP) is 3.48. The van der Waals surface area contributed by atoms with Gasteiger partial charge in [0.25, 0.3) is 0 Å². The van der Waals surface area contributed by atoms with Crippen molar-refractivity contribution in [1.29, 1.82) is 0 Å². The largest absolute Gasteiger partial charge is 0.388 e. The second-order valence-corrected chi connectivity index (χ2v) is 10.5. The number of rotatable bonds is 2. The van der Waals surface area contributed by atoms with E-state index in [4.69, 9.17) is 0 Å². The summed E-state index contributed by atoms with van der Waals surface area (Å²) in [6.07, 6.45) is 5.83. The van der Waals surface area contributed by atoms with Gasteiger partial charge in [0.2, 0.25) is 0 Å². The topological polar surface area (TPSA) is 91.7 Å². The van der Waals surface area contributed by atoms with Crippen LogP contribution < -0.4 is 0 Å². The molecule has 3 saturated carbocycles. The minimum Gasteiger partial charge on any atom is -0.388 e. The predicted molar refractivity (Wildman–Crippen MR) is 119 cm³/mol. The summed E-state index contributed by atoms with van der Waals surface area (Å²) < 4.78 is 0. The minimum atomic E-state index is -1.60. The maximum Gasteiger partial charge on any atom is 0.190 e. The first kappa shape index (κ1) is 23.1. The Morgan fingerprint density at radius 2 is 1.81 bits per heavy atom. The van der Waals surface area contributed by atoms with E-state index in [1.165, 1.54) is 0 Å². The van der Waals surface area contributed by atoms with Gasteiger partial charge in [0.15, 0.2) is 11.6 Å². The third-order valence-electron chi connectivity index (χ3n) is 9.02. The fourth-order valence-corrected chi connectivity index (χ4v) is 7.32. The summed E-state index contributed by atoms with van der Waals surface area (Å²) >= 11 is 0. The van der Waals surface area contributed by atoms with Crippen LogP contribution in [0.25, 0.3) is 0 Å². The van der Waals surface area contributed by atoms with Gasteiger partial charge >= 0.3 is 0 Å². The molecule has 4 aliphatic carbocycles. The monoisotopic (exact) mass is 437 g/mol. The zero-order valence-electron chi connectivity index (χ0n) is 19.0. The number of hydrogen-bond donors (Lipinski definition) is 2. The van der Waals surface area contributed by atoms with Crippen molar-refractivity contribution in [2.24, 2.45) is 28.6 Å². The van der Waals surface area contributed by atoms with Gasteiger partial charge in [-0.1, -0.05) is 49.8 Å². The molecule has 0 aromatic heterocycles. The van der Waals surface area contributed by atoms with Crippen LogP contribution in [0.1, 0.15) is 58.8 Å². The molecule has 0 spiro atoms. The third kappa shape index (κ3) is 3.41. The molecule has 171 valence electrons. The molecule has 0 aliphatic heterocycles. The number of ketones is 3. The Morgan fingerprint density at radius 1 is 1.09 bits per heavy atom. The van der Waals surface area contributed by atoms with E-state index in [1.54, 1.807) is 6.08 Å². The van der Waals surface area contributed by atoms with Gasteiger partial charge < -0.3 is 10.2 Å². The molecule has 0 heterocycles. The van der Waals surface area contributed by atoms with E-state index < -0.39 is 23.4 Å². The van der Waals surface area contributed by atoms with Gasteiger partial charge in [-0.3, -0.25) is 14.4 Å². The molecule has 0 unspecified atom stereocenters. The lowest BCUT2D eigenvalue weighted by atomic mass is 9.46. The van der Waals surface area contributed by atoms with Gasteiger partial charge in [0.1, 0.15) is 18.0 Å². The summed E-state index contributed by atoms with van der Waals surface area (Å²) in [5.74, 6) is -0.172. The van der Waals surface area contributed by atoms with Gasteiger partial charge in [0.05, 0.1) is 0 Å². The molecular formula is C27H33O5. The quantitative estimate of drug-likeness (QED) is 0.739. The van der Waals surface area contributed by atoms with Crippen molar-refractivity contribution in [3.05, 3.63) is 48.0 Å². The van der Waals surface area contributed by atoms with Gasteiger partial charge in [0, 0.05) is 24.2 Å². The Labute approximate surface area is 189 Å². The van der Waals surface area contributed by atoms with Crippen molar-refractivity contribution in [3.63, 3.8) is 0 Å². The summed E-state index contributed by atoms with van der Waals surface area (Å²) in [5.41, 5.74) is -1.55. The first-order chi connectivity index (χ1) is 15.2. The highest BCUT2D eigenvalue weighted by Crippen LogP contribution is 2.66. The van der Waals surface area contributed by atoms with Crippen LogP contribution in [0, 0.1) is 34.7 Å². The van der Waals surface area contributed by atoms with Crippen LogP contribution in [0.4, 0.5) is 0 Å². The van der Waals surface area contributed by atoms with Crippen LogP contribution >= 0.6 is 0 Å². The lowest BCUT2D eigenvalue weighted by molar-refractivity contribution is -0.170. The molecular weight excluding hydrogens is 404 g/mol. The van der Waals surface area contributed by atoms with Gasteiger partial charge in [-0.05, 0) is 61.5 Å². The van der Waals surface area contributed by atoms with Crippen LogP contribution in [0.5, 0.6) is 0 Å². The van der Waals surface area contributed by atoms with Crippen LogP contribution in [-0.2, 0) is 14.4 Å². The van der Waals surface area contributed by atoms with Crippen molar-refractivity contribution in [2.75, 3.05) is 6.61 Å². The highest BCUT2D eigenvalue weighted by molar-refractivity contribution is 5.94. The Balaban J connectivity index is 0.000000354. The number of hydrogen-bond acceptors (Lipinski definition) is 5. The van der Waals surface area contributed by atoms with E-state index in [-0.39, 0.29) is 41.2 Å². The maximum absolute atomic E-state index is 13.3. The molecule has 0 bridgehead atoms. The molecule has 5 rings (SSSR count). The second-order valence-electron chi connectivity index (χ2n) is 10.5. The van der Waals surface area contributed by atoms with E-state index in [9.17, 15) is 24.6 Å². The molecule has 5 heteroatoms. The van der Waals surface area contributed by atoms with Crippen LogP contribution in [-0.4, -0.2) is 39.8 Å². The molecule has 0 saturated heterocycles. The zero-order chi connectivity index (χ0) is 23.1. The van der Waals surface area contributed by atoms with Crippen molar-refractivity contribution >= 4 is 17.3 Å². The average molecular weight is 438 g/mol. The van der Waals surface area contributed by atoms with Crippen molar-refractivity contribution in [2.45, 2.75) is 64.4 Å². The third-order valence-corrected chi connectivity index (χ3v) is 9.02. The fraction of sp³-hybridized carbons (Fsp3) is 0.593. The van der Waals surface area contributed by atoms with E-state index in [0.717, 1.165) is 18.4 Å². The van der Waals surface area contributed by atoms with E-state index in [2.05, 4.69) is 13.0 Å². The number of carbonyl (C=O) groups excluding carboxylic acids is 3. The SMILES string of the molecule is C[C@]12CCC(=O)C=C1CC[C@@H]1[C@@H]2C(=O)C[C@@]2(C)[C@H]1CC[C@]2(O)C(=O)CO.[c]1ccccc1. The smallest absolute Gasteiger partial charge is 0.190 e. The molecule has 6 atom stereocenters. The molecule has 1 aromatic carbocycles. The van der Waals surface area contributed by atoms with Crippen LogP contribution in [0.2, 0.25) is 0 Å². The Hall–Kier alpha value is -2.11. The highest BCUT2D eigenvalue weighted by Gasteiger charge is 2.68. The number of aliphatic hydroxyl groups excluding tert-OH is 1. The zero-order valence-corrected chi connectivity index (χ0v) is 19.0. The van der Waals surface area contributed by atoms with Crippen molar-refractivity contribution in [3.8, 4) is 0 Å². The summed E-state index contributed by atoms with van der Waals surface area (Å²) in [6, 6.07) is 12.5. The van der Waals surface area contributed by atoms with E-state index >= 15 is 0 Å². The number of aliphatic hydroxyl groups is 2. The summed E-state index contributed by atoms with van der Waals surface area (Å²) in [6.45, 7) is 3.31. The number of Topliss-reactive ketones (excluding diaryl/α,β-unsaturated/α-hetero) is 2. The standard InChI is InChI=1S/C21H28O5.C6H5/c1-19-7-5-13(23)9-12(19)3-4-14-15-6-8-21(26,17(25)11-22)20(15,2)10-16(24)18(14)19;1-2-4-6-5-3-1/h9,14-15,18,22,26H,3-8,10-11H2,1-2H3;1-5H/t14-,15-,18+,19-,20-,21-;/m0./s1. The molecule has 1 radical (unpaired) electrons.